The molecule has 1 aliphatic rings. The predicted molar refractivity (Wildman–Crippen MR) is 118 cm³/mol. The second-order valence-electron chi connectivity index (χ2n) is 7.01. The topological polar surface area (TPSA) is 53.6 Å². The molecule has 1 fully saturated rings. The number of anilines is 1. The second-order valence-corrected chi connectivity index (χ2v) is 7.01. The molecule has 4 nitrogen and oxygen atoms in total. The fourth-order valence-corrected chi connectivity index (χ4v) is 3.05. The third kappa shape index (κ3) is 7.67. The number of aromatic amines is 1. The van der Waals surface area contributed by atoms with Gasteiger partial charge in [-0.15, -0.1) is 0 Å². The van der Waals surface area contributed by atoms with E-state index in [-0.39, 0.29) is 5.83 Å². The van der Waals surface area contributed by atoms with Gasteiger partial charge in [-0.1, -0.05) is 70.1 Å². The molecule has 152 valence electrons. The number of nitrogens with one attached hydrogen (secondary N) is 2. The van der Waals surface area contributed by atoms with E-state index in [0.29, 0.717) is 5.95 Å². The minimum atomic E-state index is -0.280. The molecular weight excluding hydrogens is 351 g/mol. The van der Waals surface area contributed by atoms with Crippen molar-refractivity contribution in [2.75, 3.05) is 11.9 Å². The van der Waals surface area contributed by atoms with E-state index < -0.39 is 0 Å². The van der Waals surface area contributed by atoms with Gasteiger partial charge in [0.05, 0.1) is 0 Å². The van der Waals surface area contributed by atoms with Crippen LogP contribution in [-0.4, -0.2) is 21.5 Å². The highest BCUT2D eigenvalue weighted by Gasteiger charge is 2.04. The number of H-pyrrole nitrogens is 1. The van der Waals surface area contributed by atoms with Crippen LogP contribution in [0.3, 0.4) is 0 Å². The number of fused-ring (bicyclic) bond motifs is 1. The van der Waals surface area contributed by atoms with Crippen molar-refractivity contribution < 1.29 is 4.39 Å². The lowest BCUT2D eigenvalue weighted by molar-refractivity contribution is 0.504. The van der Waals surface area contributed by atoms with Gasteiger partial charge in [-0.25, -0.2) is 9.37 Å². The first-order chi connectivity index (χ1) is 13.7. The number of aromatic nitrogens is 3. The Hall–Kier alpha value is -2.43. The molecule has 0 amide bonds. The highest BCUT2D eigenvalue weighted by atomic mass is 19.1. The third-order valence-corrected chi connectivity index (χ3v) is 4.63. The van der Waals surface area contributed by atoms with Crippen molar-refractivity contribution in [3.8, 4) is 0 Å². The summed E-state index contributed by atoms with van der Waals surface area (Å²) in [6.07, 6.45) is 22.8. The second kappa shape index (κ2) is 12.9. The van der Waals surface area contributed by atoms with Crippen molar-refractivity contribution in [1.82, 2.24) is 15.0 Å². The van der Waals surface area contributed by atoms with Crippen LogP contribution in [0.2, 0.25) is 0 Å². The van der Waals surface area contributed by atoms with E-state index in [1.165, 1.54) is 50.7 Å². The zero-order chi connectivity index (χ0) is 20.0. The van der Waals surface area contributed by atoms with Crippen LogP contribution in [0.25, 0.3) is 17.1 Å². The van der Waals surface area contributed by atoms with Crippen LogP contribution in [-0.2, 0) is 0 Å². The molecule has 5 heteroatoms. The van der Waals surface area contributed by atoms with Gasteiger partial charge in [0.2, 0.25) is 5.95 Å². The van der Waals surface area contributed by atoms with Crippen molar-refractivity contribution in [3.63, 3.8) is 0 Å². The molecule has 0 radical (unpaired) electrons. The molecule has 3 rings (SSSR count). The molecule has 2 aromatic heterocycles. The molecule has 1 saturated carbocycles. The van der Waals surface area contributed by atoms with E-state index in [0.717, 1.165) is 36.0 Å². The number of hydrogen-bond acceptors (Lipinski definition) is 3. The first-order valence-corrected chi connectivity index (χ1v) is 10.5. The molecule has 28 heavy (non-hydrogen) atoms. The Morgan fingerprint density at radius 2 is 1.93 bits per heavy atom. The summed E-state index contributed by atoms with van der Waals surface area (Å²) in [6, 6.07) is 0. The predicted octanol–water partition coefficient (Wildman–Crippen LogP) is 6.95. The summed E-state index contributed by atoms with van der Waals surface area (Å²) < 4.78 is 13.2. The van der Waals surface area contributed by atoms with Gasteiger partial charge in [-0.2, -0.15) is 4.98 Å². The van der Waals surface area contributed by atoms with Gasteiger partial charge in [0.15, 0.2) is 0 Å². The Balaban J connectivity index is 0.000000397. The Labute approximate surface area is 168 Å². The van der Waals surface area contributed by atoms with Crippen LogP contribution in [0.5, 0.6) is 0 Å². The molecule has 2 N–H and O–H groups in total. The van der Waals surface area contributed by atoms with E-state index in [1.54, 1.807) is 25.3 Å². The summed E-state index contributed by atoms with van der Waals surface area (Å²) >= 11 is 0. The third-order valence-electron chi connectivity index (χ3n) is 4.63. The molecule has 2 heterocycles. The molecule has 0 unspecified atom stereocenters. The molecule has 0 aromatic carbocycles. The number of hydrogen-bond donors (Lipinski definition) is 2. The van der Waals surface area contributed by atoms with Crippen molar-refractivity contribution in [3.05, 3.63) is 48.1 Å². The number of unbranched alkanes of at least 4 members (excludes halogenated alkanes) is 1. The smallest absolute Gasteiger partial charge is 0.224 e. The highest BCUT2D eigenvalue weighted by molar-refractivity contribution is 5.86. The van der Waals surface area contributed by atoms with Crippen LogP contribution in [0, 0.1) is 0 Å². The fraction of sp³-hybridized carbons (Fsp3) is 0.478. The van der Waals surface area contributed by atoms with Gasteiger partial charge >= 0.3 is 0 Å². The maximum Gasteiger partial charge on any atom is 0.224 e. The van der Waals surface area contributed by atoms with Crippen LogP contribution in [0.1, 0.15) is 70.8 Å². The SMILES string of the molecule is C1CCCCC1.C\C=C/C(F)=C\C=C\c1c[nH]c2nc(NCCCC)ncc12. The van der Waals surface area contributed by atoms with Crippen LogP contribution in [0.15, 0.2) is 42.5 Å². The number of halogens is 1. The lowest BCUT2D eigenvalue weighted by Crippen LogP contribution is -2.04. The summed E-state index contributed by atoms with van der Waals surface area (Å²) in [4.78, 5) is 11.8. The quantitative estimate of drug-likeness (QED) is 0.401. The summed E-state index contributed by atoms with van der Waals surface area (Å²) in [7, 11) is 0. The van der Waals surface area contributed by atoms with Crippen molar-refractivity contribution >= 4 is 23.1 Å². The number of allylic oxidation sites excluding steroid dienone is 5. The summed E-state index contributed by atoms with van der Waals surface area (Å²) in [5.41, 5.74) is 1.70. The Morgan fingerprint density at radius 3 is 2.57 bits per heavy atom. The van der Waals surface area contributed by atoms with Gasteiger partial charge in [-0.3, -0.25) is 0 Å². The van der Waals surface area contributed by atoms with Crippen molar-refractivity contribution in [2.45, 2.75) is 65.2 Å². The van der Waals surface area contributed by atoms with E-state index >= 15 is 0 Å². The first kappa shape index (κ1) is 21.9. The zero-order valence-electron chi connectivity index (χ0n) is 17.2. The van der Waals surface area contributed by atoms with Gasteiger partial charge < -0.3 is 10.3 Å². The average Bonchev–Trinajstić information content (AvgIpc) is 3.12. The minimum Gasteiger partial charge on any atom is -0.354 e. The molecule has 0 bridgehead atoms. The standard InChI is InChI=1S/C17H21FN4.C6H12/c1-3-5-10-19-17-21-12-15-13(11-20-16(15)22-17)8-6-9-14(18)7-4-2;1-2-4-6-5-3-1/h4,6-9,11-12H,3,5,10H2,1-2H3,(H2,19,20,21,22);1-6H2/b7-4-,8-6+,14-9+;. The first-order valence-electron chi connectivity index (χ1n) is 10.5. The van der Waals surface area contributed by atoms with Gasteiger partial charge in [0.1, 0.15) is 11.5 Å². The average molecular weight is 385 g/mol. The monoisotopic (exact) mass is 384 g/mol. The summed E-state index contributed by atoms with van der Waals surface area (Å²) in [5.74, 6) is 0.342. The Bertz CT molecular complexity index is 773. The lowest BCUT2D eigenvalue weighted by Gasteiger charge is -2.05. The maximum absolute atomic E-state index is 13.2. The molecule has 0 atom stereocenters. The van der Waals surface area contributed by atoms with E-state index in [1.807, 2.05) is 12.3 Å². The molecule has 0 spiro atoms. The maximum atomic E-state index is 13.2. The van der Waals surface area contributed by atoms with Gasteiger partial charge in [0, 0.05) is 29.9 Å². The van der Waals surface area contributed by atoms with E-state index in [4.69, 9.17) is 0 Å². The zero-order valence-corrected chi connectivity index (χ0v) is 17.2. The summed E-state index contributed by atoms with van der Waals surface area (Å²) in [5, 5.41) is 4.11. The Kier molecular flexibility index (Phi) is 10.0. The largest absolute Gasteiger partial charge is 0.354 e. The van der Waals surface area contributed by atoms with Crippen molar-refractivity contribution in [1.29, 1.82) is 0 Å². The van der Waals surface area contributed by atoms with Crippen molar-refractivity contribution in [2.24, 2.45) is 0 Å². The van der Waals surface area contributed by atoms with Crippen LogP contribution < -0.4 is 5.32 Å². The van der Waals surface area contributed by atoms with Gasteiger partial charge in [-0.05, 0) is 25.5 Å². The van der Waals surface area contributed by atoms with Crippen LogP contribution >= 0.6 is 0 Å². The molecule has 0 aliphatic heterocycles. The Morgan fingerprint density at radius 1 is 1.21 bits per heavy atom. The molecule has 1 aliphatic carbocycles. The number of nitrogens with zero attached hydrogens (tertiary/aromatic N) is 2. The molecule has 2 aromatic rings. The van der Waals surface area contributed by atoms with E-state index in [9.17, 15) is 4.39 Å². The molecular formula is C23H33FN4. The number of rotatable bonds is 7. The summed E-state index contributed by atoms with van der Waals surface area (Å²) in [6.45, 7) is 4.79. The van der Waals surface area contributed by atoms with Crippen LogP contribution in [0.4, 0.5) is 10.3 Å². The van der Waals surface area contributed by atoms with Gasteiger partial charge in [0.25, 0.3) is 0 Å². The van der Waals surface area contributed by atoms with E-state index in [2.05, 4.69) is 27.2 Å². The normalized spacial score (nSPS) is 15.2. The highest BCUT2D eigenvalue weighted by Crippen LogP contribution is 2.18. The minimum absolute atomic E-state index is 0.280. The molecule has 0 saturated heterocycles. The fourth-order valence-electron chi connectivity index (χ4n) is 3.05. The lowest BCUT2D eigenvalue weighted by atomic mass is 10.0.